The van der Waals surface area contributed by atoms with E-state index in [1.165, 1.54) is 0 Å². The van der Waals surface area contributed by atoms with Gasteiger partial charge in [-0.3, -0.25) is 0 Å². The molecule has 0 saturated heterocycles. The minimum atomic E-state index is -1.76. The summed E-state index contributed by atoms with van der Waals surface area (Å²) < 4.78 is 0. The molecule has 0 radical (unpaired) electrons. The predicted octanol–water partition coefficient (Wildman–Crippen LogP) is 1.26. The zero-order valence-electron chi connectivity index (χ0n) is 15.9. The molecule has 0 aliphatic carbocycles. The van der Waals surface area contributed by atoms with Crippen molar-refractivity contribution in [3.05, 3.63) is 69.3 Å². The van der Waals surface area contributed by atoms with Crippen molar-refractivity contribution in [2.24, 2.45) is 0 Å². The molecular formula is C19H12O14. The third kappa shape index (κ3) is 6.35. The lowest BCUT2D eigenvalue weighted by Crippen LogP contribution is -2.16. The van der Waals surface area contributed by atoms with Crippen molar-refractivity contribution >= 4 is 41.8 Å². The summed E-state index contributed by atoms with van der Waals surface area (Å²) in [5.74, 6) is -10.9. The Bertz CT molecular complexity index is 1090. The molecule has 0 saturated carbocycles. The number of hydrogen-bond donors (Lipinski definition) is 7. The van der Waals surface area contributed by atoms with Crippen LogP contribution < -0.4 is 0 Å². The SMILES string of the molecule is O=C(O)c1cc(C(=O)O)c(C(=O)O)c(C(=O)O)c1.O=C(O)c1cc(C(=O)O)cc(C(=O)O)c1. The molecule has 0 bridgehead atoms. The molecule has 2 aromatic rings. The van der Waals surface area contributed by atoms with E-state index in [0.29, 0.717) is 12.1 Å². The molecule has 14 nitrogen and oxygen atoms in total. The van der Waals surface area contributed by atoms with Crippen molar-refractivity contribution in [2.45, 2.75) is 0 Å². The lowest BCUT2D eigenvalue weighted by molar-refractivity contribution is 0.0630. The molecule has 0 aromatic heterocycles. The normalized spacial score (nSPS) is 9.70. The smallest absolute Gasteiger partial charge is 0.337 e. The molecule has 33 heavy (non-hydrogen) atoms. The van der Waals surface area contributed by atoms with Crippen molar-refractivity contribution in [1.29, 1.82) is 0 Å². The van der Waals surface area contributed by atoms with E-state index in [1.807, 2.05) is 0 Å². The van der Waals surface area contributed by atoms with Gasteiger partial charge in [-0.25, -0.2) is 33.6 Å². The van der Waals surface area contributed by atoms with E-state index in [4.69, 9.17) is 35.7 Å². The predicted molar refractivity (Wildman–Crippen MR) is 102 cm³/mol. The van der Waals surface area contributed by atoms with Gasteiger partial charge in [0.25, 0.3) is 0 Å². The number of aromatic carboxylic acids is 7. The average molecular weight is 464 g/mol. The van der Waals surface area contributed by atoms with E-state index in [2.05, 4.69) is 0 Å². The topological polar surface area (TPSA) is 261 Å². The lowest BCUT2D eigenvalue weighted by Gasteiger charge is -2.07. The summed E-state index contributed by atoms with van der Waals surface area (Å²) in [4.78, 5) is 74.9. The van der Waals surface area contributed by atoms with Gasteiger partial charge in [0.05, 0.1) is 38.9 Å². The van der Waals surface area contributed by atoms with Crippen molar-refractivity contribution < 1.29 is 69.3 Å². The third-order valence-corrected chi connectivity index (χ3v) is 3.73. The third-order valence-electron chi connectivity index (χ3n) is 3.73. The number of hydrogen-bond acceptors (Lipinski definition) is 7. The highest BCUT2D eigenvalue weighted by molar-refractivity contribution is 6.11. The minimum Gasteiger partial charge on any atom is -0.478 e. The Hall–Kier alpha value is -5.27. The van der Waals surface area contributed by atoms with Crippen LogP contribution in [0.1, 0.15) is 72.5 Å². The molecule has 0 spiro atoms. The summed E-state index contributed by atoms with van der Waals surface area (Å²) in [7, 11) is 0. The summed E-state index contributed by atoms with van der Waals surface area (Å²) in [6.07, 6.45) is 0. The first-order chi connectivity index (χ1) is 15.2. The Kier molecular flexibility index (Phi) is 7.93. The molecule has 2 aromatic carbocycles. The summed E-state index contributed by atoms with van der Waals surface area (Å²) in [5.41, 5.74) is -4.46. The number of carbonyl (C=O) groups is 7. The van der Waals surface area contributed by atoms with Gasteiger partial charge in [0.15, 0.2) is 0 Å². The zero-order chi connectivity index (χ0) is 25.6. The van der Waals surface area contributed by atoms with Crippen LogP contribution in [0.25, 0.3) is 0 Å². The maximum absolute atomic E-state index is 10.9. The molecule has 0 aliphatic rings. The number of benzene rings is 2. The van der Waals surface area contributed by atoms with Gasteiger partial charge < -0.3 is 35.7 Å². The monoisotopic (exact) mass is 464 g/mol. The Morgan fingerprint density at radius 1 is 0.364 bits per heavy atom. The van der Waals surface area contributed by atoms with E-state index in [9.17, 15) is 33.6 Å². The fourth-order valence-corrected chi connectivity index (χ4v) is 2.33. The van der Waals surface area contributed by atoms with Crippen LogP contribution in [0.2, 0.25) is 0 Å². The van der Waals surface area contributed by atoms with Crippen molar-refractivity contribution in [3.63, 3.8) is 0 Å². The highest BCUT2D eigenvalue weighted by Crippen LogP contribution is 2.19. The minimum absolute atomic E-state index is 0.368. The van der Waals surface area contributed by atoms with Crippen molar-refractivity contribution in [3.8, 4) is 0 Å². The maximum Gasteiger partial charge on any atom is 0.337 e. The van der Waals surface area contributed by atoms with Crippen LogP contribution in [0.15, 0.2) is 30.3 Å². The van der Waals surface area contributed by atoms with Gasteiger partial charge in [-0.1, -0.05) is 0 Å². The molecule has 172 valence electrons. The first kappa shape index (κ1) is 25.8. The second-order valence-corrected chi connectivity index (χ2v) is 5.88. The molecule has 0 fully saturated rings. The van der Waals surface area contributed by atoms with Crippen LogP contribution >= 0.6 is 0 Å². The summed E-state index contributed by atoms with van der Waals surface area (Å²) in [6.45, 7) is 0. The Balaban J connectivity index is 0.000000335. The van der Waals surface area contributed by atoms with Gasteiger partial charge in [-0.2, -0.15) is 0 Å². The largest absolute Gasteiger partial charge is 0.478 e. The first-order valence-electron chi connectivity index (χ1n) is 8.13. The zero-order valence-corrected chi connectivity index (χ0v) is 15.9. The van der Waals surface area contributed by atoms with Gasteiger partial charge in [0.2, 0.25) is 0 Å². The summed E-state index contributed by atoms with van der Waals surface area (Å²) in [6, 6.07) is 3.90. The van der Waals surface area contributed by atoms with E-state index in [1.54, 1.807) is 0 Å². The van der Waals surface area contributed by atoms with Crippen molar-refractivity contribution in [1.82, 2.24) is 0 Å². The number of rotatable bonds is 7. The van der Waals surface area contributed by atoms with Crippen LogP contribution in [-0.2, 0) is 0 Å². The lowest BCUT2D eigenvalue weighted by atomic mass is 9.97. The van der Waals surface area contributed by atoms with E-state index in [0.717, 1.165) is 18.2 Å². The van der Waals surface area contributed by atoms with Crippen LogP contribution in [0.4, 0.5) is 0 Å². The van der Waals surface area contributed by atoms with Gasteiger partial charge >= 0.3 is 41.8 Å². The van der Waals surface area contributed by atoms with Crippen LogP contribution in [-0.4, -0.2) is 77.5 Å². The van der Waals surface area contributed by atoms with Gasteiger partial charge in [0.1, 0.15) is 0 Å². The fourth-order valence-electron chi connectivity index (χ4n) is 2.33. The Morgan fingerprint density at radius 2 is 0.606 bits per heavy atom. The van der Waals surface area contributed by atoms with E-state index < -0.39 is 64.0 Å². The Morgan fingerprint density at radius 3 is 0.788 bits per heavy atom. The molecule has 0 heterocycles. The molecule has 14 heteroatoms. The summed E-state index contributed by atoms with van der Waals surface area (Å²) in [5, 5.41) is 60.9. The van der Waals surface area contributed by atoms with Gasteiger partial charge in [-0.05, 0) is 30.3 Å². The molecule has 2 rings (SSSR count). The first-order valence-corrected chi connectivity index (χ1v) is 8.13. The van der Waals surface area contributed by atoms with Gasteiger partial charge in [-0.15, -0.1) is 0 Å². The van der Waals surface area contributed by atoms with E-state index in [-0.39, 0.29) is 16.7 Å². The maximum atomic E-state index is 10.9. The molecule has 0 unspecified atom stereocenters. The van der Waals surface area contributed by atoms with Crippen LogP contribution in [0.3, 0.4) is 0 Å². The summed E-state index contributed by atoms with van der Waals surface area (Å²) >= 11 is 0. The molecule has 0 aliphatic heterocycles. The quantitative estimate of drug-likeness (QED) is 0.304. The van der Waals surface area contributed by atoms with Gasteiger partial charge in [0, 0.05) is 0 Å². The van der Waals surface area contributed by atoms with Crippen LogP contribution in [0.5, 0.6) is 0 Å². The Labute approximate surface area is 181 Å². The second-order valence-electron chi connectivity index (χ2n) is 5.88. The molecule has 7 N–H and O–H groups in total. The highest BCUT2D eigenvalue weighted by atomic mass is 16.4. The number of carboxylic acids is 7. The van der Waals surface area contributed by atoms with E-state index >= 15 is 0 Å². The number of carboxylic acid groups (broad SMARTS) is 7. The molecular weight excluding hydrogens is 452 g/mol. The molecule has 0 atom stereocenters. The average Bonchev–Trinajstić information content (AvgIpc) is 2.72. The fraction of sp³-hybridized carbons (Fsp3) is 0. The standard InChI is InChI=1S/C10H6O8.C9H6O6/c11-7(12)3-1-4(8(13)14)6(10(17)18)5(2-3)9(15)16;10-7(11)4-1-5(8(12)13)3-6(2-4)9(14)15/h1-2H,(H,11,12)(H,13,14)(H,15,16)(H,17,18);1-3H,(H,10,11)(H,12,13)(H,14,15). The van der Waals surface area contributed by atoms with Crippen LogP contribution in [0, 0.1) is 0 Å². The molecule has 0 amide bonds. The van der Waals surface area contributed by atoms with Crippen molar-refractivity contribution in [2.75, 3.05) is 0 Å². The highest BCUT2D eigenvalue weighted by Gasteiger charge is 2.26. The second kappa shape index (κ2) is 10.2.